The number of rotatable bonds is 6. The molecule has 2 saturated heterocycles. The molecule has 2 unspecified atom stereocenters. The summed E-state index contributed by atoms with van der Waals surface area (Å²) >= 11 is 0. The van der Waals surface area contributed by atoms with Gasteiger partial charge in [-0.05, 0) is 53.5 Å². The summed E-state index contributed by atoms with van der Waals surface area (Å²) in [5, 5.41) is 31.9. The van der Waals surface area contributed by atoms with Crippen molar-refractivity contribution in [2.45, 2.75) is 62.6 Å². The van der Waals surface area contributed by atoms with Crippen LogP contribution in [0.15, 0.2) is 78.9 Å². The molecular formula is C28H31NO3. The fourth-order valence-electron chi connectivity index (χ4n) is 6.04. The first-order valence-corrected chi connectivity index (χ1v) is 11.6. The van der Waals surface area contributed by atoms with E-state index in [2.05, 4.69) is 17.0 Å². The Morgan fingerprint density at radius 1 is 0.719 bits per heavy atom. The molecule has 0 aromatic heterocycles. The van der Waals surface area contributed by atoms with Crippen LogP contribution < -0.4 is 0 Å². The van der Waals surface area contributed by atoms with Crippen LogP contribution in [0.25, 0.3) is 0 Å². The van der Waals surface area contributed by atoms with Crippen LogP contribution in [0.1, 0.15) is 59.5 Å². The van der Waals surface area contributed by atoms with Gasteiger partial charge in [-0.3, -0.25) is 4.90 Å². The summed E-state index contributed by atoms with van der Waals surface area (Å²) in [6.45, 7) is -0.0455. The van der Waals surface area contributed by atoms with Gasteiger partial charge in [0.25, 0.3) is 0 Å². The minimum atomic E-state index is -0.818. The molecule has 2 aliphatic rings. The highest BCUT2D eigenvalue weighted by molar-refractivity contribution is 5.42. The van der Waals surface area contributed by atoms with Gasteiger partial charge in [0.05, 0.1) is 24.9 Å². The van der Waals surface area contributed by atoms with E-state index in [9.17, 15) is 15.3 Å². The molecule has 0 aliphatic carbocycles. The van der Waals surface area contributed by atoms with E-state index in [0.29, 0.717) is 12.8 Å². The number of fused-ring (bicyclic) bond motifs is 2. The van der Waals surface area contributed by atoms with E-state index >= 15 is 0 Å². The summed E-state index contributed by atoms with van der Waals surface area (Å²) < 4.78 is 0. The van der Waals surface area contributed by atoms with Crippen molar-refractivity contribution in [3.8, 4) is 0 Å². The molecule has 0 radical (unpaired) electrons. The summed E-state index contributed by atoms with van der Waals surface area (Å²) in [7, 11) is 0. The molecule has 32 heavy (non-hydrogen) atoms. The molecule has 3 aromatic carbocycles. The van der Waals surface area contributed by atoms with Crippen LogP contribution in [0.4, 0.5) is 0 Å². The van der Waals surface area contributed by atoms with Gasteiger partial charge in [0.15, 0.2) is 0 Å². The molecule has 2 atom stereocenters. The third-order valence-electron chi connectivity index (χ3n) is 7.47. The van der Waals surface area contributed by atoms with E-state index in [4.69, 9.17) is 0 Å². The molecule has 3 N–H and O–H groups in total. The molecule has 0 saturated carbocycles. The predicted molar refractivity (Wildman–Crippen MR) is 125 cm³/mol. The van der Waals surface area contributed by atoms with Crippen LogP contribution in [0.5, 0.6) is 0 Å². The highest BCUT2D eigenvalue weighted by Crippen LogP contribution is 2.51. The lowest BCUT2D eigenvalue weighted by molar-refractivity contribution is -0.0660. The van der Waals surface area contributed by atoms with Gasteiger partial charge in [-0.25, -0.2) is 0 Å². The molecular weight excluding hydrogens is 398 g/mol. The molecule has 4 heteroatoms. The molecule has 4 nitrogen and oxygen atoms in total. The molecule has 2 aliphatic heterocycles. The summed E-state index contributed by atoms with van der Waals surface area (Å²) in [5.41, 5.74) is 4.17. The van der Waals surface area contributed by atoms with Gasteiger partial charge in [-0.1, -0.05) is 78.9 Å². The summed E-state index contributed by atoms with van der Waals surface area (Å²) in [5.74, 6) is 0. The maximum atomic E-state index is 11.7. The number of piperidine rings is 1. The quantitative estimate of drug-likeness (QED) is 0.547. The van der Waals surface area contributed by atoms with E-state index < -0.39 is 5.60 Å². The average Bonchev–Trinajstić information content (AvgIpc) is 3.11. The Kier molecular flexibility index (Phi) is 5.87. The maximum Gasteiger partial charge on any atom is 0.0926 e. The second-order valence-electron chi connectivity index (χ2n) is 9.25. The second-order valence-corrected chi connectivity index (χ2v) is 9.25. The zero-order valence-corrected chi connectivity index (χ0v) is 18.3. The first kappa shape index (κ1) is 21.4. The topological polar surface area (TPSA) is 63.9 Å². The molecule has 3 aromatic rings. The zero-order chi connectivity index (χ0) is 22.1. The number of aliphatic hydroxyl groups excluding tert-OH is 2. The van der Waals surface area contributed by atoms with E-state index in [-0.39, 0.29) is 31.3 Å². The first-order valence-electron chi connectivity index (χ1n) is 11.6. The molecule has 5 rings (SSSR count). The third kappa shape index (κ3) is 3.67. The third-order valence-corrected chi connectivity index (χ3v) is 7.47. The van der Waals surface area contributed by atoms with Gasteiger partial charge in [-0.2, -0.15) is 0 Å². The van der Waals surface area contributed by atoms with Crippen molar-refractivity contribution in [3.05, 3.63) is 107 Å². The van der Waals surface area contributed by atoms with Gasteiger partial charge in [0, 0.05) is 12.1 Å². The minimum Gasteiger partial charge on any atom is -0.392 e. The molecule has 0 spiro atoms. The Balaban J connectivity index is 1.59. The van der Waals surface area contributed by atoms with Crippen LogP contribution in [0.3, 0.4) is 0 Å². The van der Waals surface area contributed by atoms with E-state index in [1.165, 1.54) is 0 Å². The van der Waals surface area contributed by atoms with Crippen molar-refractivity contribution in [3.63, 3.8) is 0 Å². The molecule has 166 valence electrons. The van der Waals surface area contributed by atoms with Crippen LogP contribution in [-0.2, 0) is 18.8 Å². The first-order chi connectivity index (χ1) is 15.6. The number of aliphatic hydroxyl groups is 3. The van der Waals surface area contributed by atoms with Crippen LogP contribution in [-0.4, -0.2) is 32.3 Å². The fraction of sp³-hybridized carbons (Fsp3) is 0.357. The van der Waals surface area contributed by atoms with Crippen molar-refractivity contribution in [1.29, 1.82) is 0 Å². The zero-order valence-electron chi connectivity index (χ0n) is 18.3. The van der Waals surface area contributed by atoms with Crippen molar-refractivity contribution in [1.82, 2.24) is 4.90 Å². The largest absolute Gasteiger partial charge is 0.392 e. The van der Waals surface area contributed by atoms with Crippen molar-refractivity contribution >= 4 is 0 Å². The average molecular weight is 430 g/mol. The van der Waals surface area contributed by atoms with Gasteiger partial charge in [-0.15, -0.1) is 0 Å². The Labute approximate surface area is 189 Å². The SMILES string of the molecule is OCc1ccccc1C(c1ccccc1CO)N1C2CCC1CC(O)(c1ccccc1)C2. The second kappa shape index (κ2) is 8.80. The Morgan fingerprint density at radius 2 is 1.19 bits per heavy atom. The summed E-state index contributed by atoms with van der Waals surface area (Å²) in [4.78, 5) is 2.56. The Bertz CT molecular complexity index is 1010. The van der Waals surface area contributed by atoms with E-state index in [1.807, 2.05) is 66.7 Å². The van der Waals surface area contributed by atoms with Crippen LogP contribution in [0, 0.1) is 0 Å². The standard InChI is InChI=1S/C28H31NO3/c30-18-20-8-4-6-12-25(20)27(26-13-7-5-9-21(26)19-31)29-23-14-15-24(29)17-28(32,16-23)22-10-2-1-3-11-22/h1-13,23-24,27,30-32H,14-19H2. The highest BCUT2D eigenvalue weighted by atomic mass is 16.3. The fourth-order valence-corrected chi connectivity index (χ4v) is 6.04. The van der Waals surface area contributed by atoms with E-state index in [0.717, 1.165) is 40.7 Å². The van der Waals surface area contributed by atoms with Crippen molar-refractivity contribution < 1.29 is 15.3 Å². The summed E-state index contributed by atoms with van der Waals surface area (Å²) in [6, 6.07) is 26.6. The van der Waals surface area contributed by atoms with E-state index in [1.54, 1.807) is 0 Å². The normalized spacial score (nSPS) is 25.4. The van der Waals surface area contributed by atoms with Gasteiger partial charge < -0.3 is 15.3 Å². The van der Waals surface area contributed by atoms with Crippen LogP contribution in [0.2, 0.25) is 0 Å². The number of nitrogens with zero attached hydrogens (tertiary/aromatic N) is 1. The van der Waals surface area contributed by atoms with Crippen molar-refractivity contribution in [2.24, 2.45) is 0 Å². The Morgan fingerprint density at radius 3 is 1.69 bits per heavy atom. The number of hydrogen-bond acceptors (Lipinski definition) is 4. The molecule has 2 bridgehead atoms. The van der Waals surface area contributed by atoms with Gasteiger partial charge in [0.1, 0.15) is 0 Å². The molecule has 2 fully saturated rings. The lowest BCUT2D eigenvalue weighted by atomic mass is 9.78. The number of hydrogen-bond donors (Lipinski definition) is 3. The minimum absolute atomic E-state index is 0.0227. The summed E-state index contributed by atoms with van der Waals surface area (Å²) in [6.07, 6.45) is 3.46. The van der Waals surface area contributed by atoms with Gasteiger partial charge in [0.2, 0.25) is 0 Å². The lowest BCUT2D eigenvalue weighted by Gasteiger charge is -2.48. The highest BCUT2D eigenvalue weighted by Gasteiger charge is 2.51. The molecule has 2 heterocycles. The Hall–Kier alpha value is -2.50. The van der Waals surface area contributed by atoms with Crippen LogP contribution >= 0.6 is 0 Å². The molecule has 0 amide bonds. The lowest BCUT2D eigenvalue weighted by Crippen LogP contribution is -2.51. The van der Waals surface area contributed by atoms with Crippen molar-refractivity contribution in [2.75, 3.05) is 0 Å². The number of benzene rings is 3. The predicted octanol–water partition coefficient (Wildman–Crippen LogP) is 4.28. The van der Waals surface area contributed by atoms with Gasteiger partial charge >= 0.3 is 0 Å². The smallest absolute Gasteiger partial charge is 0.0926 e. The maximum absolute atomic E-state index is 11.7. The monoisotopic (exact) mass is 429 g/mol.